The van der Waals surface area contributed by atoms with Crippen molar-refractivity contribution in [3.63, 3.8) is 0 Å². The Bertz CT molecular complexity index is 457. The number of benzene rings is 1. The average Bonchev–Trinajstić information content (AvgIpc) is 2.17. The first kappa shape index (κ1) is 14.0. The number of hydrogen-bond donors (Lipinski definition) is 1. The molecule has 0 bridgehead atoms. The third-order valence-corrected chi connectivity index (χ3v) is 1.80. The van der Waals surface area contributed by atoms with Gasteiger partial charge in [0.1, 0.15) is 5.78 Å². The summed E-state index contributed by atoms with van der Waals surface area (Å²) < 4.78 is 40.0. The maximum Gasteiger partial charge on any atom is 0.573 e. The summed E-state index contributed by atoms with van der Waals surface area (Å²) >= 11 is 0. The third kappa shape index (κ3) is 4.86. The normalized spacial score (nSPS) is 10.9. The molecule has 4 nitrogen and oxygen atoms in total. The van der Waals surface area contributed by atoms with Crippen LogP contribution in [0.4, 0.5) is 18.9 Å². The van der Waals surface area contributed by atoms with E-state index in [9.17, 15) is 22.8 Å². The zero-order valence-electron chi connectivity index (χ0n) is 9.38. The molecule has 1 aromatic carbocycles. The number of anilines is 1. The summed E-state index contributed by atoms with van der Waals surface area (Å²) in [6.45, 7) is 1.21. The van der Waals surface area contributed by atoms with Crippen LogP contribution >= 0.6 is 0 Å². The van der Waals surface area contributed by atoms with Gasteiger partial charge in [-0.25, -0.2) is 0 Å². The van der Waals surface area contributed by atoms with Crippen molar-refractivity contribution < 1.29 is 27.5 Å². The minimum atomic E-state index is -4.85. The van der Waals surface area contributed by atoms with Crippen LogP contribution in [0.2, 0.25) is 0 Å². The Morgan fingerprint density at radius 2 is 1.89 bits per heavy atom. The fraction of sp³-hybridized carbons (Fsp3) is 0.273. The van der Waals surface area contributed by atoms with Crippen molar-refractivity contribution in [1.82, 2.24) is 0 Å². The molecule has 0 aromatic heterocycles. The molecule has 0 aliphatic heterocycles. The number of carbonyl (C=O) groups excluding carboxylic acids is 2. The second kappa shape index (κ2) is 5.52. The van der Waals surface area contributed by atoms with Gasteiger partial charge >= 0.3 is 6.36 Å². The van der Waals surface area contributed by atoms with Gasteiger partial charge in [0.05, 0.1) is 12.1 Å². The quantitative estimate of drug-likeness (QED) is 0.847. The van der Waals surface area contributed by atoms with Crippen molar-refractivity contribution in [3.8, 4) is 5.75 Å². The van der Waals surface area contributed by atoms with Gasteiger partial charge in [0.15, 0.2) is 5.75 Å². The average molecular weight is 261 g/mol. The van der Waals surface area contributed by atoms with E-state index in [-0.39, 0.29) is 11.5 Å². The summed E-state index contributed by atoms with van der Waals surface area (Å²) in [5, 5.41) is 2.18. The summed E-state index contributed by atoms with van der Waals surface area (Å²) in [5.74, 6) is -1.61. The molecule has 0 atom stereocenters. The van der Waals surface area contributed by atoms with E-state index < -0.39 is 24.4 Å². The highest BCUT2D eigenvalue weighted by atomic mass is 19.4. The lowest BCUT2D eigenvalue weighted by Crippen LogP contribution is -2.20. The van der Waals surface area contributed by atoms with E-state index in [0.29, 0.717) is 0 Å². The van der Waals surface area contributed by atoms with Gasteiger partial charge < -0.3 is 10.1 Å². The molecule has 0 heterocycles. The number of ether oxygens (including phenoxy) is 1. The lowest BCUT2D eigenvalue weighted by atomic mass is 10.2. The molecule has 1 rings (SSSR count). The fourth-order valence-electron chi connectivity index (χ4n) is 1.20. The van der Waals surface area contributed by atoms with Crippen LogP contribution < -0.4 is 10.1 Å². The summed E-state index contributed by atoms with van der Waals surface area (Å²) in [5.41, 5.74) is -0.138. The van der Waals surface area contributed by atoms with Gasteiger partial charge in [0.2, 0.25) is 5.91 Å². The first-order valence-electron chi connectivity index (χ1n) is 4.92. The van der Waals surface area contributed by atoms with Crippen molar-refractivity contribution in [2.75, 3.05) is 5.32 Å². The Labute approximate surface area is 101 Å². The Morgan fingerprint density at radius 1 is 1.28 bits per heavy atom. The second-order valence-corrected chi connectivity index (χ2v) is 3.47. The zero-order chi connectivity index (χ0) is 13.8. The monoisotopic (exact) mass is 261 g/mol. The molecule has 1 aromatic rings. The predicted octanol–water partition coefficient (Wildman–Crippen LogP) is 2.50. The smallest absolute Gasteiger partial charge is 0.404 e. The topological polar surface area (TPSA) is 55.4 Å². The Hall–Kier alpha value is -2.05. The molecule has 0 unspecified atom stereocenters. The van der Waals surface area contributed by atoms with Crippen LogP contribution in [-0.2, 0) is 9.59 Å². The third-order valence-electron chi connectivity index (χ3n) is 1.80. The molecule has 0 saturated heterocycles. The van der Waals surface area contributed by atoms with E-state index in [2.05, 4.69) is 10.1 Å². The first-order chi connectivity index (χ1) is 8.28. The predicted molar refractivity (Wildman–Crippen MR) is 57.1 cm³/mol. The van der Waals surface area contributed by atoms with Crippen LogP contribution in [0.15, 0.2) is 24.3 Å². The van der Waals surface area contributed by atoms with Crippen molar-refractivity contribution in [3.05, 3.63) is 24.3 Å². The van der Waals surface area contributed by atoms with E-state index in [1.807, 2.05) is 0 Å². The molecule has 18 heavy (non-hydrogen) atoms. The molecule has 7 heteroatoms. The lowest BCUT2D eigenvalue weighted by Gasteiger charge is -2.13. The van der Waals surface area contributed by atoms with Gasteiger partial charge in [-0.15, -0.1) is 13.2 Å². The van der Waals surface area contributed by atoms with Crippen LogP contribution in [0, 0.1) is 0 Å². The molecule has 0 radical (unpaired) electrons. The van der Waals surface area contributed by atoms with Gasteiger partial charge in [-0.2, -0.15) is 0 Å². The van der Waals surface area contributed by atoms with E-state index in [4.69, 9.17) is 0 Å². The van der Waals surface area contributed by atoms with Crippen molar-refractivity contribution >= 4 is 17.4 Å². The molecule has 1 amide bonds. The van der Waals surface area contributed by atoms with Gasteiger partial charge in [-0.3, -0.25) is 9.59 Å². The molecule has 98 valence electrons. The van der Waals surface area contributed by atoms with E-state index in [1.165, 1.54) is 25.1 Å². The van der Waals surface area contributed by atoms with Gasteiger partial charge in [-0.05, 0) is 19.1 Å². The molecular formula is C11H10F3NO3. The van der Waals surface area contributed by atoms with Crippen molar-refractivity contribution in [2.45, 2.75) is 19.7 Å². The molecule has 0 aliphatic carbocycles. The van der Waals surface area contributed by atoms with Crippen molar-refractivity contribution in [2.24, 2.45) is 0 Å². The highest BCUT2D eigenvalue weighted by Crippen LogP contribution is 2.29. The summed E-state index contributed by atoms with van der Waals surface area (Å²) in [6, 6.07) is 5.09. The van der Waals surface area contributed by atoms with E-state index >= 15 is 0 Å². The van der Waals surface area contributed by atoms with Crippen LogP contribution in [0.5, 0.6) is 5.75 Å². The summed E-state index contributed by atoms with van der Waals surface area (Å²) in [6.07, 6.45) is -5.25. The minimum absolute atomic E-state index is 0.138. The number of amides is 1. The number of rotatable bonds is 4. The fourth-order valence-corrected chi connectivity index (χ4v) is 1.20. The molecule has 0 spiro atoms. The number of para-hydroxylation sites is 2. The van der Waals surface area contributed by atoms with Crippen LogP contribution in [0.3, 0.4) is 0 Å². The number of hydrogen-bond acceptors (Lipinski definition) is 3. The Morgan fingerprint density at radius 3 is 2.44 bits per heavy atom. The lowest BCUT2D eigenvalue weighted by molar-refractivity contribution is -0.274. The van der Waals surface area contributed by atoms with E-state index in [1.54, 1.807) is 0 Å². The van der Waals surface area contributed by atoms with Gasteiger partial charge in [0, 0.05) is 0 Å². The van der Waals surface area contributed by atoms with Crippen molar-refractivity contribution in [1.29, 1.82) is 0 Å². The maximum atomic E-state index is 12.1. The Balaban J connectivity index is 2.82. The molecule has 0 aliphatic rings. The van der Waals surface area contributed by atoms with Gasteiger partial charge in [0.25, 0.3) is 0 Å². The SMILES string of the molecule is CC(=O)CC(=O)Nc1ccccc1OC(F)(F)F. The highest BCUT2D eigenvalue weighted by molar-refractivity contribution is 6.04. The number of carbonyl (C=O) groups is 2. The number of halogens is 3. The molecule has 1 N–H and O–H groups in total. The van der Waals surface area contributed by atoms with Gasteiger partial charge in [-0.1, -0.05) is 12.1 Å². The van der Waals surface area contributed by atoms with E-state index in [0.717, 1.165) is 6.07 Å². The minimum Gasteiger partial charge on any atom is -0.404 e. The largest absolute Gasteiger partial charge is 0.573 e. The maximum absolute atomic E-state index is 12.1. The zero-order valence-corrected chi connectivity index (χ0v) is 9.38. The molecular weight excluding hydrogens is 251 g/mol. The number of Topliss-reactive ketones (excluding diaryl/α,β-unsaturated/α-hetero) is 1. The van der Waals surface area contributed by atoms with Crippen LogP contribution in [0.1, 0.15) is 13.3 Å². The summed E-state index contributed by atoms with van der Waals surface area (Å²) in [7, 11) is 0. The molecule has 0 fully saturated rings. The second-order valence-electron chi connectivity index (χ2n) is 3.47. The standard InChI is InChI=1S/C11H10F3NO3/c1-7(16)6-10(17)15-8-4-2-3-5-9(8)18-11(12,13)14/h2-5H,6H2,1H3,(H,15,17). The molecule has 0 saturated carbocycles. The highest BCUT2D eigenvalue weighted by Gasteiger charge is 2.32. The number of nitrogens with one attached hydrogen (secondary N) is 1. The van der Waals surface area contributed by atoms with Crippen LogP contribution in [0.25, 0.3) is 0 Å². The number of ketones is 1. The Kier molecular flexibility index (Phi) is 4.30. The summed E-state index contributed by atoms with van der Waals surface area (Å²) in [4.78, 5) is 22.0. The van der Waals surface area contributed by atoms with Crippen LogP contribution in [-0.4, -0.2) is 18.1 Å². The first-order valence-corrected chi connectivity index (χ1v) is 4.92. The number of alkyl halides is 3.